The van der Waals surface area contributed by atoms with Gasteiger partial charge < -0.3 is 10.0 Å². The van der Waals surface area contributed by atoms with Crippen LogP contribution in [0.3, 0.4) is 0 Å². The number of likely N-dealkylation sites (N-methyl/N-ethyl adjacent to an activating group) is 1. The zero-order valence-electron chi connectivity index (χ0n) is 10.8. The van der Waals surface area contributed by atoms with Crippen LogP contribution in [0.25, 0.3) is 0 Å². The maximum Gasteiger partial charge on any atom is 0.214 e. The quantitative estimate of drug-likeness (QED) is 0.692. The van der Waals surface area contributed by atoms with Gasteiger partial charge in [-0.05, 0) is 26.3 Å². The molecule has 0 aromatic rings. The second kappa shape index (κ2) is 6.68. The third-order valence-corrected chi connectivity index (χ3v) is 5.34. The monoisotopic (exact) mass is 264 g/mol. The summed E-state index contributed by atoms with van der Waals surface area (Å²) in [5.41, 5.74) is 0. The Morgan fingerprint density at radius 2 is 2.00 bits per heavy atom. The van der Waals surface area contributed by atoms with Crippen molar-refractivity contribution in [2.45, 2.75) is 32.2 Å². The highest BCUT2D eigenvalue weighted by molar-refractivity contribution is 7.89. The largest absolute Gasteiger partial charge is 0.396 e. The summed E-state index contributed by atoms with van der Waals surface area (Å²) in [4.78, 5) is 2.22. The van der Waals surface area contributed by atoms with Crippen LogP contribution >= 0.6 is 0 Å². The van der Waals surface area contributed by atoms with Gasteiger partial charge in [0, 0.05) is 32.3 Å². The molecule has 1 rings (SSSR count). The van der Waals surface area contributed by atoms with Crippen molar-refractivity contribution in [1.82, 2.24) is 9.21 Å². The number of hydrogen-bond acceptors (Lipinski definition) is 4. The summed E-state index contributed by atoms with van der Waals surface area (Å²) in [5.74, 6) is 0.160. The van der Waals surface area contributed by atoms with Crippen LogP contribution in [-0.4, -0.2) is 67.8 Å². The van der Waals surface area contributed by atoms with Crippen molar-refractivity contribution in [2.75, 3.05) is 39.0 Å². The Labute approximate surface area is 104 Å². The summed E-state index contributed by atoms with van der Waals surface area (Å²) in [7, 11) is -1.08. The molecule has 1 aliphatic heterocycles. The molecule has 0 radical (unpaired) electrons. The number of rotatable bonds is 6. The third kappa shape index (κ3) is 4.21. The number of sulfonamides is 1. The van der Waals surface area contributed by atoms with Gasteiger partial charge in [0.2, 0.25) is 10.0 Å². The van der Waals surface area contributed by atoms with E-state index in [2.05, 4.69) is 11.8 Å². The van der Waals surface area contributed by atoms with Gasteiger partial charge in [0.1, 0.15) is 0 Å². The van der Waals surface area contributed by atoms with Gasteiger partial charge in [-0.15, -0.1) is 0 Å². The Morgan fingerprint density at radius 3 is 2.59 bits per heavy atom. The topological polar surface area (TPSA) is 60.9 Å². The molecule has 0 aromatic heterocycles. The van der Waals surface area contributed by atoms with Gasteiger partial charge in [0.25, 0.3) is 0 Å². The molecule has 0 amide bonds. The molecule has 1 fully saturated rings. The molecule has 17 heavy (non-hydrogen) atoms. The second-order valence-electron chi connectivity index (χ2n) is 4.65. The van der Waals surface area contributed by atoms with E-state index in [0.717, 1.165) is 13.0 Å². The van der Waals surface area contributed by atoms with Crippen LogP contribution in [0, 0.1) is 0 Å². The highest BCUT2D eigenvalue weighted by Crippen LogP contribution is 2.15. The molecule has 1 unspecified atom stereocenters. The average Bonchev–Trinajstić information content (AvgIpc) is 2.29. The molecule has 1 N–H and O–H groups in total. The number of piperazine rings is 1. The number of aliphatic hydroxyl groups excluding tert-OH is 1. The molecule has 0 saturated carbocycles. The lowest BCUT2D eigenvalue weighted by Gasteiger charge is -2.38. The summed E-state index contributed by atoms with van der Waals surface area (Å²) in [6.07, 6.45) is 2.07. The second-order valence-corrected chi connectivity index (χ2v) is 6.74. The highest BCUT2D eigenvalue weighted by Gasteiger charge is 2.30. The Bertz CT molecular complexity index is 319. The van der Waals surface area contributed by atoms with E-state index >= 15 is 0 Å². The standard InChI is InChI=1S/C11H24N2O3S/c1-3-11-10-13(7-6-12(11)2)17(15,16)9-5-4-8-14/h11,14H,3-10H2,1-2H3. The van der Waals surface area contributed by atoms with Crippen molar-refractivity contribution in [2.24, 2.45) is 0 Å². The molecule has 1 aliphatic rings. The predicted octanol–water partition coefficient (Wildman–Crippen LogP) is 0.115. The summed E-state index contributed by atoms with van der Waals surface area (Å²) in [6.45, 7) is 4.15. The average molecular weight is 264 g/mol. The molecule has 5 nitrogen and oxygen atoms in total. The fraction of sp³-hybridized carbons (Fsp3) is 1.00. The minimum absolute atomic E-state index is 0.0653. The van der Waals surface area contributed by atoms with Crippen molar-refractivity contribution in [3.05, 3.63) is 0 Å². The molecule has 0 aromatic carbocycles. The van der Waals surface area contributed by atoms with E-state index in [1.165, 1.54) is 0 Å². The van der Waals surface area contributed by atoms with Gasteiger partial charge in [0.05, 0.1) is 5.75 Å². The minimum atomic E-state index is -3.13. The summed E-state index contributed by atoms with van der Waals surface area (Å²) in [5, 5.41) is 8.67. The van der Waals surface area contributed by atoms with Crippen LogP contribution in [0.2, 0.25) is 0 Å². The van der Waals surface area contributed by atoms with E-state index < -0.39 is 10.0 Å². The minimum Gasteiger partial charge on any atom is -0.396 e. The van der Waals surface area contributed by atoms with Crippen molar-refractivity contribution in [1.29, 1.82) is 0 Å². The first-order chi connectivity index (χ1) is 8.01. The molecule has 1 atom stereocenters. The van der Waals surface area contributed by atoms with E-state index in [4.69, 9.17) is 5.11 Å². The lowest BCUT2D eigenvalue weighted by atomic mass is 10.1. The van der Waals surface area contributed by atoms with Gasteiger partial charge in [-0.25, -0.2) is 8.42 Å². The number of aliphatic hydroxyl groups is 1. The van der Waals surface area contributed by atoms with E-state index in [1.807, 2.05) is 7.05 Å². The van der Waals surface area contributed by atoms with Gasteiger partial charge in [-0.2, -0.15) is 4.31 Å². The number of nitrogens with zero attached hydrogens (tertiary/aromatic N) is 2. The maximum atomic E-state index is 12.1. The van der Waals surface area contributed by atoms with Crippen LogP contribution in [0.5, 0.6) is 0 Å². The molecule has 0 bridgehead atoms. The lowest BCUT2D eigenvalue weighted by molar-refractivity contribution is 0.144. The van der Waals surface area contributed by atoms with E-state index in [-0.39, 0.29) is 12.4 Å². The van der Waals surface area contributed by atoms with Crippen LogP contribution in [-0.2, 0) is 10.0 Å². The smallest absolute Gasteiger partial charge is 0.214 e. The Balaban J connectivity index is 2.54. The van der Waals surface area contributed by atoms with Gasteiger partial charge in [-0.3, -0.25) is 0 Å². The first-order valence-corrected chi connectivity index (χ1v) is 7.91. The summed E-state index contributed by atoms with van der Waals surface area (Å²) in [6, 6.07) is 0.330. The van der Waals surface area contributed by atoms with Crippen LogP contribution in [0.4, 0.5) is 0 Å². The first-order valence-electron chi connectivity index (χ1n) is 6.30. The molecule has 1 heterocycles. The number of unbranched alkanes of at least 4 members (excludes halogenated alkanes) is 1. The SMILES string of the molecule is CCC1CN(S(=O)(=O)CCCCO)CCN1C. The molecule has 102 valence electrons. The molecule has 0 spiro atoms. The molecule has 6 heteroatoms. The molecule has 1 saturated heterocycles. The molecule has 0 aliphatic carbocycles. The van der Waals surface area contributed by atoms with Crippen LogP contribution < -0.4 is 0 Å². The Hall–Kier alpha value is -0.170. The Morgan fingerprint density at radius 1 is 1.29 bits per heavy atom. The Kier molecular flexibility index (Phi) is 5.85. The zero-order valence-corrected chi connectivity index (χ0v) is 11.6. The fourth-order valence-corrected chi connectivity index (χ4v) is 3.72. The van der Waals surface area contributed by atoms with E-state index in [0.29, 0.717) is 32.0 Å². The molecular weight excluding hydrogens is 240 g/mol. The number of hydrogen-bond donors (Lipinski definition) is 1. The van der Waals surface area contributed by atoms with Gasteiger partial charge in [0.15, 0.2) is 0 Å². The zero-order chi connectivity index (χ0) is 12.9. The fourth-order valence-electron chi connectivity index (χ4n) is 2.14. The van der Waals surface area contributed by atoms with Crippen molar-refractivity contribution >= 4 is 10.0 Å². The van der Waals surface area contributed by atoms with Gasteiger partial charge >= 0.3 is 0 Å². The summed E-state index contributed by atoms with van der Waals surface area (Å²) >= 11 is 0. The van der Waals surface area contributed by atoms with Crippen molar-refractivity contribution in [3.63, 3.8) is 0 Å². The van der Waals surface area contributed by atoms with Gasteiger partial charge in [-0.1, -0.05) is 6.92 Å². The van der Waals surface area contributed by atoms with Crippen LogP contribution in [0.15, 0.2) is 0 Å². The maximum absolute atomic E-state index is 12.1. The lowest BCUT2D eigenvalue weighted by Crippen LogP contribution is -2.53. The molecular formula is C11H24N2O3S. The van der Waals surface area contributed by atoms with E-state index in [9.17, 15) is 8.42 Å². The van der Waals surface area contributed by atoms with Crippen LogP contribution in [0.1, 0.15) is 26.2 Å². The highest BCUT2D eigenvalue weighted by atomic mass is 32.2. The van der Waals surface area contributed by atoms with Crippen molar-refractivity contribution < 1.29 is 13.5 Å². The van der Waals surface area contributed by atoms with E-state index in [1.54, 1.807) is 4.31 Å². The predicted molar refractivity (Wildman–Crippen MR) is 68.4 cm³/mol. The van der Waals surface area contributed by atoms with Crippen molar-refractivity contribution in [3.8, 4) is 0 Å². The third-order valence-electron chi connectivity index (χ3n) is 3.41. The normalized spacial score (nSPS) is 24.1. The summed E-state index contributed by atoms with van der Waals surface area (Å²) < 4.78 is 25.7. The first kappa shape index (κ1) is 14.9.